The summed E-state index contributed by atoms with van der Waals surface area (Å²) in [5.74, 6) is 2.37. The molecule has 3 aromatic carbocycles. The molecule has 3 rings (SSSR count). The van der Waals surface area contributed by atoms with Crippen LogP contribution in [0, 0.1) is 0 Å². The second-order valence-electron chi connectivity index (χ2n) is 19.3. The van der Waals surface area contributed by atoms with Gasteiger partial charge in [0.1, 0.15) is 17.2 Å². The van der Waals surface area contributed by atoms with Crippen molar-refractivity contribution in [2.45, 2.75) is 157 Å². The predicted molar refractivity (Wildman–Crippen MR) is 218 cm³/mol. The van der Waals surface area contributed by atoms with Gasteiger partial charge in [-0.15, -0.1) is 0 Å². The summed E-state index contributed by atoms with van der Waals surface area (Å²) in [5.41, 5.74) is 6.85. The normalized spacial score (nSPS) is 13.4. The second kappa shape index (κ2) is 16.6. The van der Waals surface area contributed by atoms with Crippen LogP contribution in [0.1, 0.15) is 158 Å². The Morgan fingerprint density at radius 2 is 0.580 bits per heavy atom. The van der Waals surface area contributed by atoms with Crippen molar-refractivity contribution in [3.05, 3.63) is 88.0 Å². The molecule has 0 aromatic heterocycles. The van der Waals surface area contributed by atoms with Crippen LogP contribution in [0.3, 0.4) is 0 Å². The molecular formula is C42H63AuCl3O3P. The molecule has 0 heterocycles. The molecule has 50 heavy (non-hydrogen) atoms. The van der Waals surface area contributed by atoms with Crippen molar-refractivity contribution in [3.8, 4) is 17.2 Å². The average Bonchev–Trinajstić information content (AvgIpc) is 2.89. The van der Waals surface area contributed by atoms with Crippen LogP contribution in [0.25, 0.3) is 0 Å². The van der Waals surface area contributed by atoms with Crippen LogP contribution in [0.15, 0.2) is 54.6 Å². The number of halogens is 3. The molecule has 0 N–H and O–H groups in total. The Hall–Kier alpha value is -0.900. The van der Waals surface area contributed by atoms with Crippen molar-refractivity contribution >= 4 is 36.2 Å². The van der Waals surface area contributed by atoms with E-state index in [9.17, 15) is 0 Å². The van der Waals surface area contributed by atoms with Crippen molar-refractivity contribution in [2.75, 3.05) is 0 Å². The van der Waals surface area contributed by atoms with Gasteiger partial charge in [-0.25, -0.2) is 0 Å². The molecule has 0 aliphatic rings. The quantitative estimate of drug-likeness (QED) is 0.182. The van der Waals surface area contributed by atoms with Gasteiger partial charge in [-0.1, -0.05) is 161 Å². The fourth-order valence-electron chi connectivity index (χ4n) is 5.28. The minimum atomic E-state index is -1.89. The zero-order chi connectivity index (χ0) is 38.8. The molecule has 0 aliphatic carbocycles. The average molecular weight is 950 g/mol. The standard InChI is InChI=1S/C42H63O3P.Au.3ClH/c1-37(2,3)28-19-22-34(31(25-28)40(10,11)12)43-46(44-35-23-20-29(38(4,5)6)26-32(35)41(13,14)15)45-36-24-21-30(39(7,8)9)27-33(36)42(16,17)18;;;;/h19-27H,1-18H3;;3*1H/q;+3;;;/p-3. The molecule has 0 aliphatic heterocycles. The maximum absolute atomic E-state index is 6.90. The van der Waals surface area contributed by atoms with E-state index in [-0.39, 0.29) is 32.5 Å². The molecule has 0 radical (unpaired) electrons. The molecule has 0 saturated carbocycles. The van der Waals surface area contributed by atoms with E-state index in [4.69, 9.17) is 41.1 Å². The molecular weight excluding hydrogens is 887 g/mol. The summed E-state index contributed by atoms with van der Waals surface area (Å²) in [6.07, 6.45) is 0. The zero-order valence-corrected chi connectivity index (χ0v) is 39.1. The van der Waals surface area contributed by atoms with Crippen LogP contribution in [0.2, 0.25) is 0 Å². The van der Waals surface area contributed by atoms with Crippen LogP contribution in [-0.4, -0.2) is 0 Å². The third-order valence-corrected chi connectivity index (χ3v) is 9.52. The van der Waals surface area contributed by atoms with Crippen LogP contribution >= 0.6 is 36.2 Å². The van der Waals surface area contributed by atoms with Gasteiger partial charge in [0.05, 0.1) is 0 Å². The van der Waals surface area contributed by atoms with Crippen LogP contribution in [-0.2, 0) is 47.7 Å². The molecule has 0 spiro atoms. The Labute approximate surface area is 325 Å². The molecule has 286 valence electrons. The van der Waals surface area contributed by atoms with Crippen molar-refractivity contribution < 1.29 is 28.8 Å². The summed E-state index contributed by atoms with van der Waals surface area (Å²) in [7, 11) is 13.0. The number of rotatable bonds is 6. The van der Waals surface area contributed by atoms with E-state index < -0.39 is 23.8 Å². The molecule has 0 atom stereocenters. The molecule has 0 fully saturated rings. The fraction of sp³-hybridized carbons (Fsp3) is 0.571. The van der Waals surface area contributed by atoms with Gasteiger partial charge in [0.25, 0.3) is 0 Å². The number of hydrogen-bond acceptors (Lipinski definition) is 3. The summed E-state index contributed by atoms with van der Waals surface area (Å²) in [6.45, 7) is 40.3. The Balaban J connectivity index is 0.00000205. The van der Waals surface area contributed by atoms with Crippen LogP contribution < -0.4 is 13.6 Å². The number of benzene rings is 3. The Bertz CT molecular complexity index is 1390. The van der Waals surface area contributed by atoms with E-state index in [2.05, 4.69) is 179 Å². The molecule has 0 bridgehead atoms. The maximum atomic E-state index is 6.90. The van der Waals surface area contributed by atoms with Gasteiger partial charge >= 0.3 is 51.4 Å². The molecule has 0 amide bonds. The first-order valence-electron chi connectivity index (χ1n) is 17.2. The first-order valence-corrected chi connectivity index (χ1v) is 26.4. The van der Waals surface area contributed by atoms with E-state index in [0.29, 0.717) is 0 Å². The number of hydrogen-bond donors (Lipinski definition) is 0. The van der Waals surface area contributed by atoms with Gasteiger partial charge in [-0.3, -0.25) is 0 Å². The summed E-state index contributed by atoms with van der Waals surface area (Å²) in [4.78, 5) is 0. The minimum absolute atomic E-state index is 0.0170. The van der Waals surface area contributed by atoms with Gasteiger partial charge < -0.3 is 13.6 Å². The van der Waals surface area contributed by atoms with Crippen molar-refractivity contribution in [2.24, 2.45) is 0 Å². The molecule has 8 heteroatoms. The Morgan fingerprint density at radius 3 is 0.740 bits per heavy atom. The van der Waals surface area contributed by atoms with E-state index >= 15 is 0 Å². The monoisotopic (exact) mass is 948 g/mol. The van der Waals surface area contributed by atoms with E-state index in [1.807, 2.05) is 0 Å². The second-order valence-corrected chi connectivity index (χ2v) is 29.6. The van der Waals surface area contributed by atoms with E-state index in [1.54, 1.807) is 0 Å². The fourth-order valence-corrected chi connectivity index (χ4v) is 6.35. The Kier molecular flexibility index (Phi) is 15.1. The third-order valence-electron chi connectivity index (χ3n) is 8.48. The first-order chi connectivity index (χ1) is 22.3. The molecule has 3 nitrogen and oxygen atoms in total. The summed E-state index contributed by atoms with van der Waals surface area (Å²) < 4.78 is 20.7. The molecule has 0 saturated heterocycles. The first kappa shape index (κ1) is 45.3. The van der Waals surface area contributed by atoms with Gasteiger partial charge in [0.15, 0.2) is 0 Å². The topological polar surface area (TPSA) is 27.7 Å². The van der Waals surface area contributed by atoms with Crippen molar-refractivity contribution in [3.63, 3.8) is 0 Å². The van der Waals surface area contributed by atoms with Gasteiger partial charge in [0, 0.05) is 16.7 Å². The molecule has 3 aromatic rings. The SMILES string of the molecule is CC(C)(C)c1ccc(OP(Oc2ccc(C(C)(C)C)cc2C(C)(C)C)Oc2ccc(C(C)(C)C)cc2C(C)(C)C)c(C(C)(C)C)c1.[Cl][Au]([Cl])[Cl]. The molecule has 0 unspecified atom stereocenters. The van der Waals surface area contributed by atoms with Crippen LogP contribution in [0.4, 0.5) is 0 Å². The van der Waals surface area contributed by atoms with Crippen LogP contribution in [0.5, 0.6) is 17.2 Å². The summed E-state index contributed by atoms with van der Waals surface area (Å²) in [6, 6.07) is 19.7. The third kappa shape index (κ3) is 13.5. The summed E-state index contributed by atoms with van der Waals surface area (Å²) >= 11 is -1.79. The van der Waals surface area contributed by atoms with Crippen molar-refractivity contribution in [1.82, 2.24) is 0 Å². The van der Waals surface area contributed by atoms with E-state index in [1.165, 1.54) is 16.7 Å². The summed E-state index contributed by atoms with van der Waals surface area (Å²) in [5, 5.41) is 0. The van der Waals surface area contributed by atoms with E-state index in [0.717, 1.165) is 33.9 Å². The van der Waals surface area contributed by atoms with Gasteiger partial charge in [-0.2, -0.15) is 0 Å². The van der Waals surface area contributed by atoms with Gasteiger partial charge in [0.2, 0.25) is 0 Å². The predicted octanol–water partition coefficient (Wildman–Crippen LogP) is 15.3. The zero-order valence-electron chi connectivity index (χ0n) is 33.8. The van der Waals surface area contributed by atoms with Crippen molar-refractivity contribution in [1.29, 1.82) is 0 Å². The van der Waals surface area contributed by atoms with Gasteiger partial charge in [-0.05, 0) is 67.4 Å². The Morgan fingerprint density at radius 1 is 0.380 bits per heavy atom.